The van der Waals surface area contributed by atoms with E-state index >= 15 is 0 Å². The van der Waals surface area contributed by atoms with Gasteiger partial charge in [-0.05, 0) is 44.7 Å². The predicted molar refractivity (Wildman–Crippen MR) is 95.2 cm³/mol. The Labute approximate surface area is 141 Å². The van der Waals surface area contributed by atoms with Crippen molar-refractivity contribution in [3.63, 3.8) is 0 Å². The molecule has 0 fully saturated rings. The van der Waals surface area contributed by atoms with E-state index in [2.05, 4.69) is 62.6 Å². The Morgan fingerprint density at radius 1 is 1.14 bits per heavy atom. The van der Waals surface area contributed by atoms with Crippen molar-refractivity contribution in [3.05, 3.63) is 28.0 Å². The molecule has 1 aromatic rings. The fourth-order valence-electron chi connectivity index (χ4n) is 3.36. The van der Waals surface area contributed by atoms with Crippen LogP contribution in [0.4, 0.5) is 4.39 Å². The van der Waals surface area contributed by atoms with Crippen LogP contribution in [0.5, 0.6) is 5.75 Å². The van der Waals surface area contributed by atoms with Gasteiger partial charge in [-0.25, -0.2) is 4.39 Å². The third kappa shape index (κ3) is 3.71. The first-order chi connectivity index (χ1) is 10.2. The first-order valence-electron chi connectivity index (χ1n) is 7.52. The monoisotopic (exact) mass is 389 g/mol. The molecule has 0 spiro atoms. The molecule has 0 amide bonds. The zero-order chi connectivity index (χ0) is 17.1. The van der Waals surface area contributed by atoms with Gasteiger partial charge in [0.05, 0.1) is 10.7 Å². The topological polar surface area (TPSA) is 41.8 Å². The Kier molecular flexibility index (Phi) is 6.61. The fourth-order valence-corrected chi connectivity index (χ4v) is 9.04. The van der Waals surface area contributed by atoms with Crippen LogP contribution in [0.1, 0.15) is 47.1 Å². The molecular formula is C16H25BrFNO2Si. The van der Waals surface area contributed by atoms with E-state index in [-0.39, 0.29) is 5.56 Å². The molecule has 0 bridgehead atoms. The van der Waals surface area contributed by atoms with E-state index in [4.69, 9.17) is 9.63 Å². The molecule has 124 valence electrons. The molecule has 0 radical (unpaired) electrons. The van der Waals surface area contributed by atoms with E-state index in [1.807, 2.05) is 0 Å². The van der Waals surface area contributed by atoms with Crippen LogP contribution in [-0.2, 0) is 0 Å². The third-order valence-electron chi connectivity index (χ3n) is 4.23. The first-order valence-corrected chi connectivity index (χ1v) is 10.5. The molecule has 6 heteroatoms. The van der Waals surface area contributed by atoms with Gasteiger partial charge in [-0.3, -0.25) is 0 Å². The summed E-state index contributed by atoms with van der Waals surface area (Å²) in [6.45, 7) is 13.2. The van der Waals surface area contributed by atoms with Crippen molar-refractivity contribution in [2.75, 3.05) is 0 Å². The average molecular weight is 390 g/mol. The maximum Gasteiger partial charge on any atom is 0.258 e. The van der Waals surface area contributed by atoms with E-state index in [1.165, 1.54) is 0 Å². The van der Waals surface area contributed by atoms with E-state index in [1.54, 1.807) is 12.1 Å². The van der Waals surface area contributed by atoms with Crippen LogP contribution in [0.25, 0.3) is 0 Å². The molecular weight excluding hydrogens is 365 g/mol. The van der Waals surface area contributed by atoms with E-state index in [0.29, 0.717) is 26.8 Å². The van der Waals surface area contributed by atoms with Gasteiger partial charge in [0.2, 0.25) is 0 Å². The highest BCUT2D eigenvalue weighted by Gasteiger charge is 2.47. The number of hydrogen-bond donors (Lipinski definition) is 1. The molecule has 1 aromatic carbocycles. The number of halogens is 2. The predicted octanol–water partition coefficient (Wildman–Crippen LogP) is 5.95. The molecule has 1 rings (SSSR count). The first kappa shape index (κ1) is 19.2. The summed E-state index contributed by atoms with van der Waals surface area (Å²) in [5, 5.41) is 11.6. The van der Waals surface area contributed by atoms with Crippen LogP contribution in [-0.4, -0.2) is 19.7 Å². The van der Waals surface area contributed by atoms with Crippen LogP contribution in [0.3, 0.4) is 0 Å². The molecule has 0 heterocycles. The van der Waals surface area contributed by atoms with E-state index < -0.39 is 14.1 Å². The summed E-state index contributed by atoms with van der Waals surface area (Å²) in [4.78, 5) is 0. The Balaban J connectivity index is 3.36. The van der Waals surface area contributed by atoms with Crippen LogP contribution >= 0.6 is 15.9 Å². The molecule has 0 saturated carbocycles. The van der Waals surface area contributed by atoms with Crippen molar-refractivity contribution >= 4 is 30.5 Å². The van der Waals surface area contributed by atoms with E-state index in [9.17, 15) is 4.39 Å². The lowest BCUT2D eigenvalue weighted by atomic mass is 10.2. The summed E-state index contributed by atoms with van der Waals surface area (Å²) >= 11 is 3.20. The van der Waals surface area contributed by atoms with E-state index in [0.717, 1.165) is 6.21 Å². The fraction of sp³-hybridized carbons (Fsp3) is 0.562. The summed E-state index contributed by atoms with van der Waals surface area (Å²) in [7, 11) is -2.10. The van der Waals surface area contributed by atoms with Gasteiger partial charge in [0.15, 0.2) is 0 Å². The Morgan fingerprint density at radius 3 is 2.05 bits per heavy atom. The highest BCUT2D eigenvalue weighted by atomic mass is 79.9. The summed E-state index contributed by atoms with van der Waals surface area (Å²) < 4.78 is 20.8. The number of oxime groups is 1. The molecule has 1 N–H and O–H groups in total. The van der Waals surface area contributed by atoms with Gasteiger partial charge in [0.25, 0.3) is 8.32 Å². The zero-order valence-electron chi connectivity index (χ0n) is 14.0. The number of hydrogen-bond acceptors (Lipinski definition) is 3. The minimum Gasteiger partial charge on any atom is -0.543 e. The van der Waals surface area contributed by atoms with Crippen LogP contribution < -0.4 is 4.43 Å². The van der Waals surface area contributed by atoms with Crippen LogP contribution in [0, 0.1) is 5.82 Å². The lowest BCUT2D eigenvalue weighted by Gasteiger charge is -2.42. The van der Waals surface area contributed by atoms with Crippen molar-refractivity contribution in [3.8, 4) is 5.75 Å². The second kappa shape index (κ2) is 7.59. The maximum absolute atomic E-state index is 14.0. The van der Waals surface area contributed by atoms with Crippen molar-refractivity contribution in [1.29, 1.82) is 0 Å². The van der Waals surface area contributed by atoms with Crippen molar-refractivity contribution in [2.45, 2.75) is 58.2 Å². The molecule has 0 atom stereocenters. The molecule has 22 heavy (non-hydrogen) atoms. The number of benzene rings is 1. The molecule has 0 unspecified atom stereocenters. The Morgan fingerprint density at radius 2 is 1.64 bits per heavy atom. The molecule has 3 nitrogen and oxygen atoms in total. The Bertz CT molecular complexity index is 525. The summed E-state index contributed by atoms with van der Waals surface area (Å²) in [6.07, 6.45) is 1.08. The lowest BCUT2D eigenvalue weighted by molar-refractivity contribution is 0.321. The zero-order valence-corrected chi connectivity index (χ0v) is 16.6. The quantitative estimate of drug-likeness (QED) is 0.282. The summed E-state index contributed by atoms with van der Waals surface area (Å²) in [5.41, 5.74) is 1.47. The lowest BCUT2D eigenvalue weighted by Crippen LogP contribution is -2.50. The van der Waals surface area contributed by atoms with Gasteiger partial charge in [-0.1, -0.05) is 46.7 Å². The second-order valence-electron chi connectivity index (χ2n) is 6.47. The smallest absolute Gasteiger partial charge is 0.258 e. The third-order valence-corrected chi connectivity index (χ3v) is 10.8. The maximum atomic E-state index is 14.0. The Hall–Kier alpha value is -0.883. The van der Waals surface area contributed by atoms with Crippen molar-refractivity contribution in [1.82, 2.24) is 0 Å². The number of rotatable bonds is 6. The minimum atomic E-state index is -2.10. The molecule has 0 aliphatic carbocycles. The average Bonchev–Trinajstić information content (AvgIpc) is 2.40. The molecule has 0 aliphatic heterocycles. The van der Waals surface area contributed by atoms with Crippen LogP contribution in [0.2, 0.25) is 16.6 Å². The van der Waals surface area contributed by atoms with Gasteiger partial charge >= 0.3 is 0 Å². The normalized spacial score (nSPS) is 12.9. The van der Waals surface area contributed by atoms with Crippen molar-refractivity contribution < 1.29 is 14.0 Å². The molecule has 0 aromatic heterocycles. The summed E-state index contributed by atoms with van der Waals surface area (Å²) in [6, 6.07) is 3.24. The van der Waals surface area contributed by atoms with Gasteiger partial charge < -0.3 is 9.63 Å². The highest BCUT2D eigenvalue weighted by Crippen LogP contribution is 2.43. The highest BCUT2D eigenvalue weighted by molar-refractivity contribution is 9.10. The van der Waals surface area contributed by atoms with Gasteiger partial charge in [-0.15, -0.1) is 0 Å². The standard InChI is InChI=1S/C16H25BrFNO2Si/c1-10(2)22(11(3)4,12(5)6)21-14-7-13(9-19-20)16(18)15(17)8-14/h7-12,20H,1-6H3. The van der Waals surface area contributed by atoms with Gasteiger partial charge in [-0.2, -0.15) is 0 Å². The molecule has 0 aliphatic rings. The van der Waals surface area contributed by atoms with Crippen molar-refractivity contribution in [2.24, 2.45) is 5.16 Å². The second-order valence-corrected chi connectivity index (χ2v) is 12.7. The van der Waals surface area contributed by atoms with Crippen LogP contribution in [0.15, 0.2) is 21.8 Å². The summed E-state index contributed by atoms with van der Waals surface area (Å²) in [5.74, 6) is 0.155. The van der Waals surface area contributed by atoms with Gasteiger partial charge in [0, 0.05) is 5.56 Å². The minimum absolute atomic E-state index is 0.200. The SMILES string of the molecule is CC(C)[Si](Oc1cc(Br)c(F)c(C=NO)c1)(C(C)C)C(C)C. The molecule has 0 saturated heterocycles. The largest absolute Gasteiger partial charge is 0.543 e. The van der Waals surface area contributed by atoms with Gasteiger partial charge in [0.1, 0.15) is 11.6 Å². The number of nitrogens with zero attached hydrogens (tertiary/aromatic N) is 1.